The second kappa shape index (κ2) is 9.92. The summed E-state index contributed by atoms with van der Waals surface area (Å²) in [5.74, 6) is 0.503. The van der Waals surface area contributed by atoms with Gasteiger partial charge in [0.25, 0.3) is 5.91 Å². The van der Waals surface area contributed by atoms with Gasteiger partial charge in [-0.25, -0.2) is 0 Å². The summed E-state index contributed by atoms with van der Waals surface area (Å²) in [6.07, 6.45) is 6.65. The average molecular weight is 386 g/mol. The largest absolute Gasteiger partial charge is 0.352 e. The van der Waals surface area contributed by atoms with Gasteiger partial charge < -0.3 is 16.0 Å². The van der Waals surface area contributed by atoms with Crippen LogP contribution >= 0.6 is 12.4 Å². The van der Waals surface area contributed by atoms with Crippen LogP contribution in [0.15, 0.2) is 12.4 Å². The maximum atomic E-state index is 12.8. The minimum Gasteiger partial charge on any atom is -0.352 e. The Balaban J connectivity index is 0.00000338. The van der Waals surface area contributed by atoms with E-state index < -0.39 is 5.41 Å². The molecule has 1 aromatic heterocycles. The first-order valence-corrected chi connectivity index (χ1v) is 9.22. The molecule has 1 fully saturated rings. The summed E-state index contributed by atoms with van der Waals surface area (Å²) in [4.78, 5) is 26.9. The molecule has 1 aliphatic heterocycles. The Morgan fingerprint density at radius 1 is 1.31 bits per heavy atom. The normalized spacial score (nSPS) is 15.5. The first kappa shape index (κ1) is 22.4. The molecule has 0 unspecified atom stereocenters. The monoisotopic (exact) mass is 385 g/mol. The molecular weight excluding hydrogens is 354 g/mol. The summed E-state index contributed by atoms with van der Waals surface area (Å²) in [6.45, 7) is 6.60. The third-order valence-electron chi connectivity index (χ3n) is 5.62. The fourth-order valence-corrected chi connectivity index (χ4v) is 3.48. The van der Waals surface area contributed by atoms with E-state index in [4.69, 9.17) is 5.73 Å². The fourth-order valence-electron chi connectivity index (χ4n) is 3.48. The van der Waals surface area contributed by atoms with Crippen LogP contribution in [0.2, 0.25) is 0 Å². The second-order valence-electron chi connectivity index (χ2n) is 7.04. The molecule has 8 heteroatoms. The van der Waals surface area contributed by atoms with E-state index in [-0.39, 0.29) is 24.2 Å². The number of nitrogens with two attached hydrogens (primary N) is 1. The van der Waals surface area contributed by atoms with Crippen LogP contribution in [0, 0.1) is 11.3 Å². The molecule has 0 atom stereocenters. The number of nitrogens with zero attached hydrogens (tertiary/aromatic N) is 3. The van der Waals surface area contributed by atoms with Gasteiger partial charge in [0.15, 0.2) is 0 Å². The first-order valence-electron chi connectivity index (χ1n) is 9.22. The van der Waals surface area contributed by atoms with Crippen LogP contribution in [0.5, 0.6) is 0 Å². The van der Waals surface area contributed by atoms with Crippen molar-refractivity contribution in [1.29, 1.82) is 0 Å². The number of amides is 2. The minimum atomic E-state index is -0.415. The number of hydrogen-bond acceptors (Lipinski definition) is 4. The Kier molecular flexibility index (Phi) is 8.56. The smallest absolute Gasteiger partial charge is 0.254 e. The minimum absolute atomic E-state index is 0. The van der Waals surface area contributed by atoms with Gasteiger partial charge in [0.2, 0.25) is 5.91 Å². The van der Waals surface area contributed by atoms with E-state index in [9.17, 15) is 9.59 Å². The lowest BCUT2D eigenvalue weighted by atomic mass is 9.80. The van der Waals surface area contributed by atoms with Crippen molar-refractivity contribution in [3.8, 4) is 0 Å². The van der Waals surface area contributed by atoms with E-state index in [1.807, 2.05) is 18.7 Å². The Hall–Kier alpha value is -1.60. The topological polar surface area (TPSA) is 93.2 Å². The zero-order valence-corrected chi connectivity index (χ0v) is 16.8. The van der Waals surface area contributed by atoms with Gasteiger partial charge in [-0.05, 0) is 31.6 Å². The molecule has 1 aromatic rings. The summed E-state index contributed by atoms with van der Waals surface area (Å²) in [7, 11) is 1.79. The van der Waals surface area contributed by atoms with Crippen molar-refractivity contribution < 1.29 is 9.59 Å². The Morgan fingerprint density at radius 2 is 1.92 bits per heavy atom. The van der Waals surface area contributed by atoms with E-state index >= 15 is 0 Å². The molecule has 1 aliphatic rings. The van der Waals surface area contributed by atoms with Gasteiger partial charge in [0.05, 0.1) is 17.2 Å². The molecule has 148 valence electrons. The maximum Gasteiger partial charge on any atom is 0.254 e. The third kappa shape index (κ3) is 4.98. The highest BCUT2D eigenvalue weighted by atomic mass is 35.5. The summed E-state index contributed by atoms with van der Waals surface area (Å²) < 4.78 is 1.62. The standard InChI is InChI=1S/C18H31N5O2.ClH/c1-4-18(5-2,13-19)17(25)23-8-6-14(7-9-23)10-20-16(24)15-11-21-22(3)12-15;/h11-12,14H,4-10,13,19H2,1-3H3,(H,20,24);1H. The lowest BCUT2D eigenvalue weighted by Crippen LogP contribution is -2.50. The highest BCUT2D eigenvalue weighted by Crippen LogP contribution is 2.30. The van der Waals surface area contributed by atoms with E-state index in [1.165, 1.54) is 0 Å². The van der Waals surface area contributed by atoms with Crippen molar-refractivity contribution in [1.82, 2.24) is 20.0 Å². The lowest BCUT2D eigenvalue weighted by Gasteiger charge is -2.39. The van der Waals surface area contributed by atoms with Crippen LogP contribution in [0.3, 0.4) is 0 Å². The number of nitrogens with one attached hydrogen (secondary N) is 1. The van der Waals surface area contributed by atoms with Gasteiger partial charge in [-0.15, -0.1) is 12.4 Å². The van der Waals surface area contributed by atoms with Crippen molar-refractivity contribution >= 4 is 24.2 Å². The Bertz CT molecular complexity index is 584. The average Bonchev–Trinajstić information content (AvgIpc) is 3.08. The van der Waals surface area contributed by atoms with Crippen LogP contribution in [0.4, 0.5) is 0 Å². The van der Waals surface area contributed by atoms with Crippen molar-refractivity contribution in [3.63, 3.8) is 0 Å². The van der Waals surface area contributed by atoms with Crippen LogP contribution in [-0.2, 0) is 11.8 Å². The second-order valence-corrected chi connectivity index (χ2v) is 7.04. The molecule has 0 aliphatic carbocycles. The fraction of sp³-hybridized carbons (Fsp3) is 0.722. The number of halogens is 1. The number of carbonyl (C=O) groups excluding carboxylic acids is 2. The number of rotatable bonds is 7. The molecule has 0 saturated carbocycles. The number of likely N-dealkylation sites (tertiary alicyclic amines) is 1. The van der Waals surface area contributed by atoms with Crippen LogP contribution < -0.4 is 11.1 Å². The summed E-state index contributed by atoms with van der Waals surface area (Å²) >= 11 is 0. The van der Waals surface area contributed by atoms with Gasteiger partial charge >= 0.3 is 0 Å². The van der Waals surface area contributed by atoms with E-state index in [0.717, 1.165) is 38.8 Å². The van der Waals surface area contributed by atoms with Gasteiger partial charge in [0.1, 0.15) is 0 Å². The summed E-state index contributed by atoms with van der Waals surface area (Å²) in [5, 5.41) is 6.98. The molecular formula is C18H32ClN5O2. The van der Waals surface area contributed by atoms with Crippen molar-refractivity contribution in [3.05, 3.63) is 18.0 Å². The number of piperidine rings is 1. The predicted molar refractivity (Wildman–Crippen MR) is 104 cm³/mol. The van der Waals surface area contributed by atoms with Gasteiger partial charge in [-0.1, -0.05) is 13.8 Å². The molecule has 7 nitrogen and oxygen atoms in total. The zero-order valence-electron chi connectivity index (χ0n) is 16.0. The highest BCUT2D eigenvalue weighted by molar-refractivity contribution is 5.93. The quantitative estimate of drug-likeness (QED) is 0.745. The van der Waals surface area contributed by atoms with Crippen LogP contribution in [-0.4, -0.2) is 52.7 Å². The summed E-state index contributed by atoms with van der Waals surface area (Å²) in [5.41, 5.74) is 6.06. The number of aryl methyl sites for hydroxylation is 1. The zero-order chi connectivity index (χ0) is 18.4. The van der Waals surface area contributed by atoms with Crippen molar-refractivity contribution in [2.75, 3.05) is 26.2 Å². The van der Waals surface area contributed by atoms with E-state index in [0.29, 0.717) is 24.6 Å². The molecule has 26 heavy (non-hydrogen) atoms. The highest BCUT2D eigenvalue weighted by Gasteiger charge is 2.38. The molecule has 0 spiro atoms. The van der Waals surface area contributed by atoms with Gasteiger partial charge in [-0.2, -0.15) is 5.10 Å². The predicted octanol–water partition coefficient (Wildman–Crippen LogP) is 1.58. The van der Waals surface area contributed by atoms with Crippen LogP contribution in [0.25, 0.3) is 0 Å². The molecule has 2 heterocycles. The molecule has 2 rings (SSSR count). The summed E-state index contributed by atoms with van der Waals surface area (Å²) in [6, 6.07) is 0. The number of carbonyl (C=O) groups is 2. The SMILES string of the molecule is CCC(CC)(CN)C(=O)N1CCC(CNC(=O)c2cnn(C)c2)CC1.Cl. The number of aromatic nitrogens is 2. The van der Waals surface area contributed by atoms with Gasteiger partial charge in [0, 0.05) is 39.4 Å². The maximum absolute atomic E-state index is 12.8. The van der Waals surface area contributed by atoms with Crippen molar-refractivity contribution in [2.24, 2.45) is 24.1 Å². The van der Waals surface area contributed by atoms with Gasteiger partial charge in [-0.3, -0.25) is 14.3 Å². The Morgan fingerprint density at radius 3 is 2.38 bits per heavy atom. The Labute approximate surface area is 162 Å². The molecule has 0 radical (unpaired) electrons. The van der Waals surface area contributed by atoms with E-state index in [1.54, 1.807) is 24.1 Å². The third-order valence-corrected chi connectivity index (χ3v) is 5.62. The van der Waals surface area contributed by atoms with E-state index in [2.05, 4.69) is 10.4 Å². The first-order chi connectivity index (χ1) is 12.0. The molecule has 0 aromatic carbocycles. The molecule has 2 amide bonds. The number of hydrogen-bond donors (Lipinski definition) is 2. The van der Waals surface area contributed by atoms with Crippen molar-refractivity contribution in [2.45, 2.75) is 39.5 Å². The van der Waals surface area contributed by atoms with Crippen LogP contribution in [0.1, 0.15) is 49.9 Å². The molecule has 1 saturated heterocycles. The lowest BCUT2D eigenvalue weighted by molar-refractivity contribution is -0.143. The molecule has 0 bridgehead atoms. The molecule has 3 N–H and O–H groups in total.